The van der Waals surface area contributed by atoms with Crippen LogP contribution in [-0.4, -0.2) is 29.6 Å². The van der Waals surface area contributed by atoms with E-state index in [1.807, 2.05) is 24.3 Å². The summed E-state index contributed by atoms with van der Waals surface area (Å²) in [6.07, 6.45) is 0. The first-order chi connectivity index (χ1) is 10.6. The second kappa shape index (κ2) is 8.20. The number of hydrogen-bond acceptors (Lipinski definition) is 4. The molecule has 1 atom stereocenters. The summed E-state index contributed by atoms with van der Waals surface area (Å²) in [5.74, 6) is 0.872. The van der Waals surface area contributed by atoms with E-state index in [1.165, 1.54) is 11.8 Å². The Labute approximate surface area is 136 Å². The Hall–Kier alpha value is -1.52. The number of rotatable bonds is 7. The lowest BCUT2D eigenvalue weighted by atomic mass is 10.1. The van der Waals surface area contributed by atoms with Crippen molar-refractivity contribution < 1.29 is 9.53 Å². The first-order valence-electron chi connectivity index (χ1n) is 7.57. The molecule has 0 saturated carbocycles. The van der Waals surface area contributed by atoms with Gasteiger partial charge in [-0.05, 0) is 11.5 Å². The molecule has 0 aliphatic carbocycles. The molecule has 1 N–H and O–H groups in total. The van der Waals surface area contributed by atoms with Crippen LogP contribution in [0.5, 0.6) is 5.75 Å². The standard InChI is InChI=1S/C18H23NO2S/c1-13(2)19-11-16(22-14(3)20)12-21-18-10-6-8-15-7-4-5-9-17(15)18/h4-10,13,16,19H,11-12H2,1-3H3. The van der Waals surface area contributed by atoms with E-state index in [-0.39, 0.29) is 10.4 Å². The number of thioether (sulfide) groups is 1. The van der Waals surface area contributed by atoms with Crippen molar-refractivity contribution in [1.29, 1.82) is 0 Å². The summed E-state index contributed by atoms with van der Waals surface area (Å²) in [5.41, 5.74) is 0. The highest BCUT2D eigenvalue weighted by atomic mass is 32.2. The third-order valence-electron chi connectivity index (χ3n) is 3.26. The number of nitrogens with one attached hydrogen (secondary N) is 1. The van der Waals surface area contributed by atoms with Gasteiger partial charge in [0.25, 0.3) is 0 Å². The van der Waals surface area contributed by atoms with Crippen LogP contribution in [0.3, 0.4) is 0 Å². The molecule has 118 valence electrons. The van der Waals surface area contributed by atoms with Crippen LogP contribution in [0.1, 0.15) is 20.8 Å². The molecule has 0 spiro atoms. The van der Waals surface area contributed by atoms with E-state index >= 15 is 0 Å². The number of ether oxygens (including phenoxy) is 1. The monoisotopic (exact) mass is 317 g/mol. The van der Waals surface area contributed by atoms with Gasteiger partial charge in [0.2, 0.25) is 0 Å². The largest absolute Gasteiger partial charge is 0.492 e. The minimum absolute atomic E-state index is 0.110. The maximum Gasteiger partial charge on any atom is 0.186 e. The molecule has 0 amide bonds. The van der Waals surface area contributed by atoms with Gasteiger partial charge in [-0.25, -0.2) is 0 Å². The minimum Gasteiger partial charge on any atom is -0.492 e. The molecule has 4 heteroatoms. The highest BCUT2D eigenvalue weighted by Gasteiger charge is 2.14. The Balaban J connectivity index is 2.05. The van der Waals surface area contributed by atoms with Crippen molar-refractivity contribution in [3.8, 4) is 5.75 Å². The third-order valence-corrected chi connectivity index (χ3v) is 4.23. The molecule has 0 heterocycles. The van der Waals surface area contributed by atoms with Crippen molar-refractivity contribution in [3.05, 3.63) is 42.5 Å². The predicted molar refractivity (Wildman–Crippen MR) is 94.6 cm³/mol. The van der Waals surface area contributed by atoms with E-state index in [2.05, 4.69) is 37.4 Å². The van der Waals surface area contributed by atoms with Gasteiger partial charge in [-0.3, -0.25) is 4.79 Å². The molecule has 0 fully saturated rings. The molecule has 2 aromatic carbocycles. The fourth-order valence-electron chi connectivity index (χ4n) is 2.24. The zero-order valence-corrected chi connectivity index (χ0v) is 14.2. The molecule has 1 unspecified atom stereocenters. The Morgan fingerprint density at radius 1 is 1.18 bits per heavy atom. The van der Waals surface area contributed by atoms with Gasteiger partial charge >= 0.3 is 0 Å². The Morgan fingerprint density at radius 2 is 1.91 bits per heavy atom. The van der Waals surface area contributed by atoms with E-state index in [4.69, 9.17) is 4.74 Å². The lowest BCUT2D eigenvalue weighted by Crippen LogP contribution is -2.34. The van der Waals surface area contributed by atoms with E-state index in [0.29, 0.717) is 12.6 Å². The van der Waals surface area contributed by atoms with Gasteiger partial charge in [-0.2, -0.15) is 0 Å². The highest BCUT2D eigenvalue weighted by molar-refractivity contribution is 8.14. The zero-order chi connectivity index (χ0) is 15.9. The van der Waals surface area contributed by atoms with Gasteiger partial charge < -0.3 is 10.1 Å². The maximum atomic E-state index is 11.4. The SMILES string of the molecule is CC(=O)SC(CNC(C)C)COc1cccc2ccccc12. The van der Waals surface area contributed by atoms with Crippen molar-refractivity contribution in [2.24, 2.45) is 0 Å². The molecule has 0 aromatic heterocycles. The van der Waals surface area contributed by atoms with E-state index in [9.17, 15) is 4.79 Å². The molecule has 2 aromatic rings. The van der Waals surface area contributed by atoms with Crippen molar-refractivity contribution >= 4 is 27.6 Å². The lowest BCUT2D eigenvalue weighted by Gasteiger charge is -2.19. The van der Waals surface area contributed by atoms with Crippen LogP contribution >= 0.6 is 11.8 Å². The van der Waals surface area contributed by atoms with E-state index in [1.54, 1.807) is 6.92 Å². The second-order valence-electron chi connectivity index (χ2n) is 5.58. The maximum absolute atomic E-state index is 11.4. The summed E-state index contributed by atoms with van der Waals surface area (Å²) >= 11 is 1.34. The summed E-state index contributed by atoms with van der Waals surface area (Å²) in [6.45, 7) is 7.07. The molecule has 2 rings (SSSR count). The molecule has 0 saturated heterocycles. The number of hydrogen-bond donors (Lipinski definition) is 1. The molecule has 3 nitrogen and oxygen atoms in total. The first-order valence-corrected chi connectivity index (χ1v) is 8.45. The van der Waals surface area contributed by atoms with Crippen molar-refractivity contribution in [3.63, 3.8) is 0 Å². The van der Waals surface area contributed by atoms with Crippen molar-refractivity contribution in [2.45, 2.75) is 32.1 Å². The topological polar surface area (TPSA) is 38.3 Å². The summed E-state index contributed by atoms with van der Waals surface area (Å²) in [6, 6.07) is 14.6. The molecule has 0 radical (unpaired) electrons. The Kier molecular flexibility index (Phi) is 6.28. The van der Waals surface area contributed by atoms with Gasteiger partial charge in [-0.1, -0.05) is 62.0 Å². The average Bonchev–Trinajstić information content (AvgIpc) is 2.49. The van der Waals surface area contributed by atoms with Crippen LogP contribution in [0.2, 0.25) is 0 Å². The Morgan fingerprint density at radius 3 is 2.64 bits per heavy atom. The van der Waals surface area contributed by atoms with Gasteiger partial charge in [0.05, 0.1) is 5.25 Å². The molecule has 0 aliphatic rings. The molecular formula is C18H23NO2S. The highest BCUT2D eigenvalue weighted by Crippen LogP contribution is 2.26. The third kappa shape index (κ3) is 5.04. The van der Waals surface area contributed by atoms with Crippen molar-refractivity contribution in [1.82, 2.24) is 5.32 Å². The number of benzene rings is 2. The van der Waals surface area contributed by atoms with E-state index in [0.717, 1.165) is 23.1 Å². The summed E-state index contributed by atoms with van der Waals surface area (Å²) < 4.78 is 6.00. The van der Waals surface area contributed by atoms with Crippen LogP contribution in [0.4, 0.5) is 0 Å². The lowest BCUT2D eigenvalue weighted by molar-refractivity contribution is -0.109. The smallest absolute Gasteiger partial charge is 0.186 e. The summed E-state index contributed by atoms with van der Waals surface area (Å²) in [7, 11) is 0. The number of carbonyl (C=O) groups excluding carboxylic acids is 1. The van der Waals surface area contributed by atoms with E-state index < -0.39 is 0 Å². The summed E-state index contributed by atoms with van der Waals surface area (Å²) in [5, 5.41) is 5.87. The number of fused-ring (bicyclic) bond motifs is 1. The normalized spacial score (nSPS) is 12.5. The van der Waals surface area contributed by atoms with Gasteiger partial charge in [0.15, 0.2) is 5.12 Å². The fraction of sp³-hybridized carbons (Fsp3) is 0.389. The van der Waals surface area contributed by atoms with Gasteiger partial charge in [0.1, 0.15) is 12.4 Å². The van der Waals surface area contributed by atoms with Crippen LogP contribution in [0.15, 0.2) is 42.5 Å². The van der Waals surface area contributed by atoms with Crippen LogP contribution < -0.4 is 10.1 Å². The fourth-order valence-corrected chi connectivity index (χ4v) is 3.03. The van der Waals surface area contributed by atoms with Crippen LogP contribution in [0, 0.1) is 0 Å². The first kappa shape index (κ1) is 16.8. The molecule has 0 bridgehead atoms. The van der Waals surface area contributed by atoms with Gasteiger partial charge in [0, 0.05) is 24.9 Å². The molecular weight excluding hydrogens is 294 g/mol. The van der Waals surface area contributed by atoms with Crippen LogP contribution in [-0.2, 0) is 4.79 Å². The quantitative estimate of drug-likeness (QED) is 0.841. The summed E-state index contributed by atoms with van der Waals surface area (Å²) in [4.78, 5) is 11.4. The second-order valence-corrected chi connectivity index (χ2v) is 7.06. The minimum atomic E-state index is 0.110. The number of carbonyl (C=O) groups is 1. The molecule has 22 heavy (non-hydrogen) atoms. The molecule has 0 aliphatic heterocycles. The van der Waals surface area contributed by atoms with Crippen molar-refractivity contribution in [2.75, 3.05) is 13.2 Å². The Bertz CT molecular complexity index is 622. The van der Waals surface area contributed by atoms with Crippen LogP contribution in [0.25, 0.3) is 10.8 Å². The average molecular weight is 317 g/mol. The predicted octanol–water partition coefficient (Wildman–Crippen LogP) is 3.86. The van der Waals surface area contributed by atoms with Gasteiger partial charge in [-0.15, -0.1) is 0 Å². The zero-order valence-electron chi connectivity index (χ0n) is 13.3.